The van der Waals surface area contributed by atoms with Gasteiger partial charge in [0.25, 0.3) is 0 Å². The highest BCUT2D eigenvalue weighted by molar-refractivity contribution is 6.03. The van der Waals surface area contributed by atoms with Gasteiger partial charge in [0, 0.05) is 23.9 Å². The SMILES string of the molecule is c1cc(C2=NCNC2)cc(-c2ccc3c(c2)OCO3)n1. The Morgan fingerprint density at radius 3 is 2.85 bits per heavy atom. The van der Waals surface area contributed by atoms with Crippen LogP contribution in [0.15, 0.2) is 41.5 Å². The van der Waals surface area contributed by atoms with Crippen LogP contribution in [0, 0.1) is 0 Å². The third-order valence-corrected chi connectivity index (χ3v) is 3.44. The molecule has 2 aromatic rings. The van der Waals surface area contributed by atoms with Crippen molar-refractivity contribution in [2.24, 2.45) is 4.99 Å². The van der Waals surface area contributed by atoms with E-state index in [1.807, 2.05) is 30.5 Å². The molecule has 0 amide bonds. The minimum Gasteiger partial charge on any atom is -0.454 e. The number of fused-ring (bicyclic) bond motifs is 1. The van der Waals surface area contributed by atoms with Gasteiger partial charge >= 0.3 is 0 Å². The Labute approximate surface area is 116 Å². The second-order valence-electron chi connectivity index (χ2n) is 4.69. The molecule has 0 saturated heterocycles. The lowest BCUT2D eigenvalue weighted by Crippen LogP contribution is -2.14. The summed E-state index contributed by atoms with van der Waals surface area (Å²) in [6.07, 6.45) is 1.82. The van der Waals surface area contributed by atoms with Gasteiger partial charge in [-0.2, -0.15) is 0 Å². The quantitative estimate of drug-likeness (QED) is 0.902. The largest absolute Gasteiger partial charge is 0.454 e. The van der Waals surface area contributed by atoms with Crippen molar-refractivity contribution in [3.05, 3.63) is 42.1 Å². The summed E-state index contributed by atoms with van der Waals surface area (Å²) >= 11 is 0. The number of ether oxygens (including phenoxy) is 2. The maximum Gasteiger partial charge on any atom is 0.231 e. The Bertz CT molecular complexity index is 697. The molecule has 20 heavy (non-hydrogen) atoms. The summed E-state index contributed by atoms with van der Waals surface area (Å²) < 4.78 is 10.7. The van der Waals surface area contributed by atoms with E-state index in [1.165, 1.54) is 0 Å². The first-order valence-corrected chi connectivity index (χ1v) is 6.51. The first-order valence-electron chi connectivity index (χ1n) is 6.51. The molecule has 2 aliphatic heterocycles. The zero-order valence-electron chi connectivity index (χ0n) is 10.8. The van der Waals surface area contributed by atoms with E-state index < -0.39 is 0 Å². The molecular weight excluding hydrogens is 254 g/mol. The fraction of sp³-hybridized carbons (Fsp3) is 0.200. The summed E-state index contributed by atoms with van der Waals surface area (Å²) in [6.45, 7) is 1.79. The molecule has 0 fully saturated rings. The van der Waals surface area contributed by atoms with E-state index >= 15 is 0 Å². The van der Waals surface area contributed by atoms with Gasteiger partial charge < -0.3 is 9.47 Å². The second-order valence-corrected chi connectivity index (χ2v) is 4.69. The number of benzene rings is 1. The summed E-state index contributed by atoms with van der Waals surface area (Å²) in [5.41, 5.74) is 4.12. The summed E-state index contributed by atoms with van der Waals surface area (Å²) in [4.78, 5) is 8.87. The average Bonchev–Trinajstić information content (AvgIpc) is 3.18. The maximum absolute atomic E-state index is 5.41. The first kappa shape index (κ1) is 11.4. The molecule has 1 aromatic carbocycles. The van der Waals surface area contributed by atoms with Crippen molar-refractivity contribution in [1.29, 1.82) is 0 Å². The molecule has 4 rings (SSSR count). The fourth-order valence-electron chi connectivity index (χ4n) is 2.40. The molecule has 0 bridgehead atoms. The number of aliphatic imine (C=N–C) groups is 1. The molecule has 0 spiro atoms. The topological polar surface area (TPSA) is 55.7 Å². The molecule has 5 heteroatoms. The fourth-order valence-corrected chi connectivity index (χ4v) is 2.40. The van der Waals surface area contributed by atoms with Gasteiger partial charge in [-0.25, -0.2) is 0 Å². The van der Waals surface area contributed by atoms with Crippen LogP contribution in [0.25, 0.3) is 11.3 Å². The predicted octanol–water partition coefficient (Wildman–Crippen LogP) is 1.83. The lowest BCUT2D eigenvalue weighted by molar-refractivity contribution is 0.174. The van der Waals surface area contributed by atoms with Crippen molar-refractivity contribution >= 4 is 5.71 Å². The van der Waals surface area contributed by atoms with E-state index in [0.29, 0.717) is 6.67 Å². The van der Waals surface area contributed by atoms with Crippen LogP contribution in [0.4, 0.5) is 0 Å². The van der Waals surface area contributed by atoms with Crippen molar-refractivity contribution in [3.63, 3.8) is 0 Å². The van der Waals surface area contributed by atoms with Crippen molar-refractivity contribution in [1.82, 2.24) is 10.3 Å². The van der Waals surface area contributed by atoms with Gasteiger partial charge in [-0.3, -0.25) is 15.3 Å². The van der Waals surface area contributed by atoms with Crippen LogP contribution in [0.1, 0.15) is 5.56 Å². The van der Waals surface area contributed by atoms with Crippen LogP contribution in [0.3, 0.4) is 0 Å². The smallest absolute Gasteiger partial charge is 0.231 e. The molecule has 1 N–H and O–H groups in total. The van der Waals surface area contributed by atoms with Gasteiger partial charge in [-0.1, -0.05) is 0 Å². The Balaban J connectivity index is 1.73. The molecule has 5 nitrogen and oxygen atoms in total. The third-order valence-electron chi connectivity index (χ3n) is 3.44. The van der Waals surface area contributed by atoms with E-state index in [9.17, 15) is 0 Å². The lowest BCUT2D eigenvalue weighted by Gasteiger charge is -2.05. The van der Waals surface area contributed by atoms with E-state index in [0.717, 1.165) is 40.6 Å². The van der Waals surface area contributed by atoms with Gasteiger partial charge in [0.05, 0.1) is 18.1 Å². The summed E-state index contributed by atoms with van der Waals surface area (Å²) in [7, 11) is 0. The zero-order valence-corrected chi connectivity index (χ0v) is 10.8. The van der Waals surface area contributed by atoms with Crippen LogP contribution in [0.2, 0.25) is 0 Å². The van der Waals surface area contributed by atoms with Crippen molar-refractivity contribution < 1.29 is 9.47 Å². The number of hydrogen-bond donors (Lipinski definition) is 1. The second kappa shape index (κ2) is 4.61. The van der Waals surface area contributed by atoms with E-state index in [1.54, 1.807) is 0 Å². The highest BCUT2D eigenvalue weighted by Crippen LogP contribution is 2.35. The van der Waals surface area contributed by atoms with Crippen LogP contribution < -0.4 is 14.8 Å². The molecule has 2 aliphatic rings. The third kappa shape index (κ3) is 1.92. The highest BCUT2D eigenvalue weighted by Gasteiger charge is 2.15. The molecule has 0 unspecified atom stereocenters. The number of pyridine rings is 1. The van der Waals surface area contributed by atoms with Gasteiger partial charge in [-0.05, 0) is 30.3 Å². The summed E-state index contributed by atoms with van der Waals surface area (Å²) in [6, 6.07) is 9.92. The van der Waals surface area contributed by atoms with Crippen molar-refractivity contribution in [3.8, 4) is 22.8 Å². The molecule has 1 aromatic heterocycles. The molecule has 0 atom stereocenters. The van der Waals surface area contributed by atoms with E-state index in [2.05, 4.69) is 21.4 Å². The number of nitrogens with zero attached hydrogens (tertiary/aromatic N) is 2. The normalized spacial score (nSPS) is 16.3. The van der Waals surface area contributed by atoms with Gasteiger partial charge in [-0.15, -0.1) is 0 Å². The first-order chi connectivity index (χ1) is 9.90. The number of nitrogens with one attached hydrogen (secondary N) is 1. The number of aromatic nitrogens is 1. The lowest BCUT2D eigenvalue weighted by atomic mass is 10.1. The van der Waals surface area contributed by atoms with Crippen molar-refractivity contribution in [2.45, 2.75) is 0 Å². The number of hydrogen-bond acceptors (Lipinski definition) is 5. The molecule has 0 saturated carbocycles. The molecular formula is C15H13N3O2. The minimum atomic E-state index is 0.286. The maximum atomic E-state index is 5.41. The van der Waals surface area contributed by atoms with Crippen LogP contribution in [0.5, 0.6) is 11.5 Å². The Hall–Kier alpha value is -2.40. The molecule has 0 aliphatic carbocycles. The predicted molar refractivity (Wildman–Crippen MR) is 75.2 cm³/mol. The van der Waals surface area contributed by atoms with E-state index in [-0.39, 0.29) is 6.79 Å². The molecule has 0 radical (unpaired) electrons. The van der Waals surface area contributed by atoms with Gasteiger partial charge in [0.1, 0.15) is 0 Å². The number of rotatable bonds is 2. The Morgan fingerprint density at radius 1 is 1.00 bits per heavy atom. The average molecular weight is 267 g/mol. The molecule has 100 valence electrons. The van der Waals surface area contributed by atoms with Crippen LogP contribution in [-0.4, -0.2) is 30.7 Å². The van der Waals surface area contributed by atoms with E-state index in [4.69, 9.17) is 9.47 Å². The summed E-state index contributed by atoms with van der Waals surface area (Å²) in [5, 5.41) is 3.20. The van der Waals surface area contributed by atoms with Crippen LogP contribution in [-0.2, 0) is 0 Å². The van der Waals surface area contributed by atoms with Crippen LogP contribution >= 0.6 is 0 Å². The van der Waals surface area contributed by atoms with Gasteiger partial charge in [0.2, 0.25) is 6.79 Å². The monoisotopic (exact) mass is 267 g/mol. The van der Waals surface area contributed by atoms with Crippen molar-refractivity contribution in [2.75, 3.05) is 20.0 Å². The standard InChI is InChI=1S/C15H13N3O2/c1-2-14-15(20-9-19-14)6-10(1)12-5-11(3-4-17-12)13-7-16-8-18-13/h1-6,16H,7-9H2. The molecule has 3 heterocycles. The highest BCUT2D eigenvalue weighted by atomic mass is 16.7. The Kier molecular flexibility index (Phi) is 2.63. The van der Waals surface area contributed by atoms with Gasteiger partial charge in [0.15, 0.2) is 11.5 Å². The summed E-state index contributed by atoms with van der Waals surface area (Å²) in [5.74, 6) is 1.56. The zero-order chi connectivity index (χ0) is 13.4. The minimum absolute atomic E-state index is 0.286. The Morgan fingerprint density at radius 2 is 1.95 bits per heavy atom.